The summed E-state index contributed by atoms with van der Waals surface area (Å²) < 4.78 is 13.9. The predicted octanol–water partition coefficient (Wildman–Crippen LogP) is 4.81. The molecule has 0 radical (unpaired) electrons. The molecule has 0 N–H and O–H groups in total. The maximum absolute atomic E-state index is 13.6. The molecule has 1 aromatic carbocycles. The van der Waals surface area contributed by atoms with Gasteiger partial charge in [0, 0.05) is 17.5 Å². The second-order valence-corrected chi connectivity index (χ2v) is 8.36. The Labute approximate surface area is 138 Å². The fraction of sp³-hybridized carbons (Fsp3) is 0.588. The van der Waals surface area contributed by atoms with Gasteiger partial charge in [0.2, 0.25) is 0 Å². The maximum atomic E-state index is 13.6. The zero-order valence-electron chi connectivity index (χ0n) is 11.8. The Morgan fingerprint density at radius 1 is 1.10 bits per heavy atom. The van der Waals surface area contributed by atoms with Gasteiger partial charge in [-0.1, -0.05) is 28.7 Å². The first-order valence-corrected chi connectivity index (χ1v) is 9.24. The largest absolute Gasteiger partial charge is 0.341 e. The lowest BCUT2D eigenvalue weighted by Crippen LogP contribution is -2.43. The molecule has 3 heterocycles. The molecule has 0 spiro atoms. The van der Waals surface area contributed by atoms with Crippen LogP contribution >= 0.6 is 22.6 Å². The minimum atomic E-state index is -0.172. The summed E-state index contributed by atoms with van der Waals surface area (Å²) in [6, 6.07) is 5.77. The van der Waals surface area contributed by atoms with Gasteiger partial charge in [0.05, 0.1) is 5.69 Å². The van der Waals surface area contributed by atoms with Crippen molar-refractivity contribution in [3.8, 4) is 0 Å². The van der Waals surface area contributed by atoms with Crippen LogP contribution in [0.1, 0.15) is 41.7 Å². The molecule has 5 aliphatic rings. The van der Waals surface area contributed by atoms with Crippen LogP contribution in [0.2, 0.25) is 0 Å². The van der Waals surface area contributed by atoms with Crippen LogP contribution in [-0.2, 0) is 0 Å². The molecule has 3 atom stereocenters. The van der Waals surface area contributed by atoms with Crippen molar-refractivity contribution in [3.63, 3.8) is 0 Å². The highest BCUT2D eigenvalue weighted by atomic mass is 127. The highest BCUT2D eigenvalue weighted by Gasteiger charge is 2.48. The van der Waals surface area contributed by atoms with Crippen molar-refractivity contribution in [1.82, 2.24) is 4.90 Å². The third-order valence-electron chi connectivity index (χ3n) is 5.86. The van der Waals surface area contributed by atoms with Gasteiger partial charge in [0.15, 0.2) is 0 Å². The number of nitrogens with zero attached hydrogens (tertiary/aromatic N) is 2. The first-order valence-electron chi connectivity index (χ1n) is 7.99. The Morgan fingerprint density at radius 2 is 1.86 bits per heavy atom. The van der Waals surface area contributed by atoms with Crippen molar-refractivity contribution < 1.29 is 4.39 Å². The number of alkyl halides is 1. The molecule has 2 nitrogen and oxygen atoms in total. The van der Waals surface area contributed by atoms with Gasteiger partial charge in [-0.3, -0.25) is 0 Å². The molecule has 0 aromatic heterocycles. The van der Waals surface area contributed by atoms with Crippen LogP contribution in [0.5, 0.6) is 0 Å². The second kappa shape index (κ2) is 4.43. The van der Waals surface area contributed by atoms with E-state index < -0.39 is 0 Å². The first kappa shape index (κ1) is 12.9. The van der Waals surface area contributed by atoms with Gasteiger partial charge in [-0.05, 0) is 56.1 Å². The van der Waals surface area contributed by atoms with E-state index >= 15 is 0 Å². The molecule has 110 valence electrons. The molecular weight excluding hydrogens is 378 g/mol. The molecule has 0 amide bonds. The number of hydrogen-bond donors (Lipinski definition) is 0. The van der Waals surface area contributed by atoms with E-state index in [9.17, 15) is 4.39 Å². The normalized spacial score (nSPS) is 39.6. The molecule has 21 heavy (non-hydrogen) atoms. The summed E-state index contributed by atoms with van der Waals surface area (Å²) in [6.45, 7) is 0. The molecule has 1 aromatic rings. The van der Waals surface area contributed by atoms with Crippen LogP contribution in [0, 0.1) is 23.6 Å². The van der Waals surface area contributed by atoms with E-state index in [1.165, 1.54) is 43.5 Å². The van der Waals surface area contributed by atoms with E-state index in [-0.39, 0.29) is 5.82 Å². The van der Waals surface area contributed by atoms with Crippen LogP contribution in [0.4, 0.5) is 10.1 Å². The molecule has 4 fully saturated rings. The summed E-state index contributed by atoms with van der Waals surface area (Å²) in [5.74, 6) is 3.49. The first-order chi connectivity index (χ1) is 10.2. The molecule has 2 saturated heterocycles. The summed E-state index contributed by atoms with van der Waals surface area (Å²) in [5, 5.41) is 0. The van der Waals surface area contributed by atoms with Gasteiger partial charge in [-0.15, -0.1) is 0 Å². The van der Waals surface area contributed by atoms with E-state index in [1.807, 2.05) is 6.07 Å². The molecule has 6 rings (SSSR count). The van der Waals surface area contributed by atoms with Crippen molar-refractivity contribution in [2.75, 3.05) is 0 Å². The highest BCUT2D eigenvalue weighted by molar-refractivity contribution is 14.1. The molecular formula is C17H18FIN2. The number of amidine groups is 1. The number of rotatable bonds is 0. The predicted molar refractivity (Wildman–Crippen MR) is 89.4 cm³/mol. The molecule has 4 heteroatoms. The Kier molecular flexibility index (Phi) is 2.71. The van der Waals surface area contributed by atoms with Crippen LogP contribution in [0.3, 0.4) is 0 Å². The SMILES string of the molecule is Fc1ccc2c(c1)N=C1C3CC4CC(C3)CC(C4)N1C2I. The van der Waals surface area contributed by atoms with Crippen LogP contribution < -0.4 is 0 Å². The van der Waals surface area contributed by atoms with E-state index in [0.29, 0.717) is 16.0 Å². The number of benzene rings is 1. The third kappa shape index (κ3) is 1.83. The summed E-state index contributed by atoms with van der Waals surface area (Å²) in [7, 11) is 0. The average molecular weight is 396 g/mol. The molecule has 3 aliphatic heterocycles. The fourth-order valence-electron chi connectivity index (χ4n) is 5.19. The third-order valence-corrected chi connectivity index (χ3v) is 7.14. The van der Waals surface area contributed by atoms with Gasteiger partial charge in [-0.2, -0.15) is 0 Å². The molecule has 2 aliphatic carbocycles. The number of aliphatic imine (C=N–C) groups is 1. The van der Waals surface area contributed by atoms with Crippen molar-refractivity contribution in [2.45, 2.75) is 42.2 Å². The molecule has 2 saturated carbocycles. The van der Waals surface area contributed by atoms with Crippen molar-refractivity contribution in [2.24, 2.45) is 22.7 Å². The Balaban J connectivity index is 1.68. The van der Waals surface area contributed by atoms with Gasteiger partial charge < -0.3 is 4.90 Å². The minimum Gasteiger partial charge on any atom is -0.341 e. The molecule has 3 unspecified atom stereocenters. The summed E-state index contributed by atoms with van der Waals surface area (Å²) >= 11 is 2.53. The summed E-state index contributed by atoms with van der Waals surface area (Å²) in [6.07, 6.45) is 6.71. The zero-order valence-corrected chi connectivity index (χ0v) is 14.0. The fourth-order valence-corrected chi connectivity index (χ4v) is 6.46. The van der Waals surface area contributed by atoms with Crippen LogP contribution in [0.25, 0.3) is 0 Å². The number of halogens is 2. The topological polar surface area (TPSA) is 15.6 Å². The standard InChI is InChI=1S/C17H18FIN2/c18-12-1-2-14-15(8-12)20-17-11-4-9-3-10(5-11)7-13(6-9)21(17)16(14)19/h1-2,8-11,13,16H,3-7H2. The monoisotopic (exact) mass is 396 g/mol. The average Bonchev–Trinajstić information content (AvgIpc) is 2.61. The highest BCUT2D eigenvalue weighted by Crippen LogP contribution is 2.53. The van der Waals surface area contributed by atoms with E-state index in [0.717, 1.165) is 17.5 Å². The lowest BCUT2D eigenvalue weighted by Gasteiger charge is -2.42. The number of fused-ring (bicyclic) bond motifs is 1. The van der Waals surface area contributed by atoms with E-state index in [4.69, 9.17) is 4.99 Å². The maximum Gasteiger partial charge on any atom is 0.125 e. The van der Waals surface area contributed by atoms with Gasteiger partial charge >= 0.3 is 0 Å². The Morgan fingerprint density at radius 3 is 2.62 bits per heavy atom. The minimum absolute atomic E-state index is 0.172. The van der Waals surface area contributed by atoms with Crippen LogP contribution in [0.15, 0.2) is 23.2 Å². The lowest BCUT2D eigenvalue weighted by atomic mass is 9.68. The zero-order chi connectivity index (χ0) is 14.1. The Hall–Kier alpha value is -0.650. The summed E-state index contributed by atoms with van der Waals surface area (Å²) in [4.78, 5) is 7.52. The van der Waals surface area contributed by atoms with Crippen molar-refractivity contribution in [1.29, 1.82) is 0 Å². The van der Waals surface area contributed by atoms with Gasteiger partial charge in [0.1, 0.15) is 15.7 Å². The van der Waals surface area contributed by atoms with Crippen molar-refractivity contribution >= 4 is 34.1 Å². The van der Waals surface area contributed by atoms with E-state index in [1.54, 1.807) is 12.1 Å². The van der Waals surface area contributed by atoms with Crippen LogP contribution in [-0.4, -0.2) is 16.8 Å². The summed E-state index contributed by atoms with van der Waals surface area (Å²) in [5.41, 5.74) is 2.05. The van der Waals surface area contributed by atoms with Crippen molar-refractivity contribution in [3.05, 3.63) is 29.6 Å². The van der Waals surface area contributed by atoms with Gasteiger partial charge in [-0.25, -0.2) is 9.38 Å². The van der Waals surface area contributed by atoms with E-state index in [2.05, 4.69) is 27.5 Å². The second-order valence-electron chi connectivity index (χ2n) is 7.18. The molecule has 4 bridgehead atoms. The number of hydrogen-bond acceptors (Lipinski definition) is 2. The Bertz CT molecular complexity index is 630. The lowest BCUT2D eigenvalue weighted by molar-refractivity contribution is 0.128. The van der Waals surface area contributed by atoms with Gasteiger partial charge in [0.25, 0.3) is 0 Å². The quantitative estimate of drug-likeness (QED) is 0.349. The smallest absolute Gasteiger partial charge is 0.125 e.